The van der Waals surface area contributed by atoms with Gasteiger partial charge in [0.25, 0.3) is 0 Å². The zero-order chi connectivity index (χ0) is 15.3. The van der Waals surface area contributed by atoms with E-state index in [1.165, 1.54) is 6.42 Å². The summed E-state index contributed by atoms with van der Waals surface area (Å²) in [7, 11) is -3.11. The predicted octanol–water partition coefficient (Wildman–Crippen LogP) is 1.24. The molecule has 0 aliphatic rings. The molecule has 0 fully saturated rings. The molecule has 0 bridgehead atoms. The molecular weight excluding hydrogens is 423 g/mol. The number of halogens is 1. The van der Waals surface area contributed by atoms with Gasteiger partial charge in [-0.05, 0) is 38.7 Å². The maximum absolute atomic E-state index is 11.3. The van der Waals surface area contributed by atoms with Crippen molar-refractivity contribution in [1.29, 1.82) is 0 Å². The van der Waals surface area contributed by atoms with Crippen LogP contribution in [0.5, 0.6) is 0 Å². The Balaban J connectivity index is 0. The van der Waals surface area contributed by atoms with Crippen molar-refractivity contribution in [2.24, 2.45) is 4.99 Å². The highest BCUT2D eigenvalue weighted by atomic mass is 127. The second-order valence-corrected chi connectivity index (χ2v) is 7.27. The molecule has 0 unspecified atom stereocenters. The lowest BCUT2D eigenvalue weighted by Crippen LogP contribution is -2.41. The van der Waals surface area contributed by atoms with Crippen LogP contribution >= 0.6 is 35.7 Å². The summed E-state index contributed by atoms with van der Waals surface area (Å²) in [6.07, 6.45) is 4.34. The number of sulfonamides is 1. The molecule has 0 amide bonds. The minimum absolute atomic E-state index is 0. The largest absolute Gasteiger partial charge is 0.357 e. The van der Waals surface area contributed by atoms with E-state index in [1.807, 2.05) is 18.7 Å². The van der Waals surface area contributed by atoms with E-state index in [4.69, 9.17) is 0 Å². The molecule has 0 saturated carbocycles. The standard InChI is InChI=1S/C12H28N4O2S2.HI/c1-4-13-12(14-8-6-7-11-19-3)15-9-10-16-20(17,18)5-2;/h16H,4-11H2,1-3H3,(H2,13,14,15);1H. The number of thioether (sulfide) groups is 1. The monoisotopic (exact) mass is 452 g/mol. The molecule has 0 spiro atoms. The second kappa shape index (κ2) is 15.2. The summed E-state index contributed by atoms with van der Waals surface area (Å²) in [4.78, 5) is 4.45. The van der Waals surface area contributed by atoms with Crippen LogP contribution in [-0.2, 0) is 10.0 Å². The SMILES string of the molecule is CCNC(=NCCCCSC)NCCNS(=O)(=O)CC.I. The summed E-state index contributed by atoms with van der Waals surface area (Å²) in [5.41, 5.74) is 0. The fraction of sp³-hybridized carbons (Fsp3) is 0.917. The lowest BCUT2D eigenvalue weighted by Gasteiger charge is -2.11. The Morgan fingerprint density at radius 3 is 2.43 bits per heavy atom. The van der Waals surface area contributed by atoms with Crippen LogP contribution in [0, 0.1) is 0 Å². The van der Waals surface area contributed by atoms with Gasteiger partial charge in [-0.1, -0.05) is 0 Å². The highest BCUT2D eigenvalue weighted by Crippen LogP contribution is 1.98. The van der Waals surface area contributed by atoms with Crippen LogP contribution in [0.1, 0.15) is 26.7 Å². The molecule has 0 saturated heterocycles. The Kier molecular flexibility index (Phi) is 17.0. The van der Waals surface area contributed by atoms with Gasteiger partial charge in [0.1, 0.15) is 0 Å². The van der Waals surface area contributed by atoms with Crippen LogP contribution in [0.15, 0.2) is 4.99 Å². The Bertz CT molecular complexity index is 364. The Labute approximate surface area is 150 Å². The van der Waals surface area contributed by atoms with E-state index < -0.39 is 10.0 Å². The number of nitrogens with one attached hydrogen (secondary N) is 3. The van der Waals surface area contributed by atoms with Crippen molar-refractivity contribution in [3.05, 3.63) is 0 Å². The highest BCUT2D eigenvalue weighted by Gasteiger charge is 2.04. The summed E-state index contributed by atoms with van der Waals surface area (Å²) < 4.78 is 25.0. The van der Waals surface area contributed by atoms with E-state index in [9.17, 15) is 8.42 Å². The van der Waals surface area contributed by atoms with Crippen LogP contribution in [0.4, 0.5) is 0 Å². The van der Waals surface area contributed by atoms with E-state index in [1.54, 1.807) is 6.92 Å². The number of unbranched alkanes of at least 4 members (excludes halogenated alkanes) is 1. The van der Waals surface area contributed by atoms with E-state index in [-0.39, 0.29) is 29.7 Å². The van der Waals surface area contributed by atoms with Gasteiger partial charge in [-0.3, -0.25) is 4.99 Å². The first-order chi connectivity index (χ1) is 9.55. The zero-order valence-corrected chi connectivity index (χ0v) is 17.1. The maximum Gasteiger partial charge on any atom is 0.211 e. The van der Waals surface area contributed by atoms with Crippen molar-refractivity contribution >= 4 is 51.7 Å². The summed E-state index contributed by atoms with van der Waals surface area (Å²) >= 11 is 1.85. The lowest BCUT2D eigenvalue weighted by atomic mass is 10.3. The van der Waals surface area contributed by atoms with Gasteiger partial charge < -0.3 is 10.6 Å². The quantitative estimate of drug-likeness (QED) is 0.190. The second-order valence-electron chi connectivity index (χ2n) is 4.19. The molecule has 0 heterocycles. The minimum Gasteiger partial charge on any atom is -0.357 e. The van der Waals surface area contributed by atoms with Gasteiger partial charge in [0.15, 0.2) is 5.96 Å². The number of hydrogen-bond acceptors (Lipinski definition) is 4. The number of guanidine groups is 1. The smallest absolute Gasteiger partial charge is 0.211 e. The van der Waals surface area contributed by atoms with Crippen LogP contribution in [-0.4, -0.2) is 58.3 Å². The first-order valence-corrected chi connectivity index (χ1v) is 10.1. The molecule has 0 aliphatic carbocycles. The van der Waals surface area contributed by atoms with Crippen molar-refractivity contribution in [3.8, 4) is 0 Å². The molecule has 6 nitrogen and oxygen atoms in total. The molecule has 0 aromatic heterocycles. The van der Waals surface area contributed by atoms with E-state index in [0.717, 1.165) is 31.2 Å². The molecule has 0 radical (unpaired) electrons. The molecule has 9 heteroatoms. The van der Waals surface area contributed by atoms with Gasteiger partial charge in [-0.2, -0.15) is 11.8 Å². The fourth-order valence-corrected chi connectivity index (χ4v) is 2.49. The third-order valence-corrected chi connectivity index (χ3v) is 4.59. The first kappa shape index (κ1) is 23.5. The summed E-state index contributed by atoms with van der Waals surface area (Å²) in [6, 6.07) is 0. The molecular formula is C12H29IN4O2S2. The van der Waals surface area contributed by atoms with Crippen molar-refractivity contribution in [2.75, 3.05) is 43.9 Å². The van der Waals surface area contributed by atoms with Crippen LogP contribution in [0.2, 0.25) is 0 Å². The van der Waals surface area contributed by atoms with Gasteiger partial charge in [0, 0.05) is 26.2 Å². The van der Waals surface area contributed by atoms with Gasteiger partial charge in [0.05, 0.1) is 5.75 Å². The highest BCUT2D eigenvalue weighted by molar-refractivity contribution is 14.0. The van der Waals surface area contributed by atoms with Crippen molar-refractivity contribution < 1.29 is 8.42 Å². The normalized spacial score (nSPS) is 11.9. The van der Waals surface area contributed by atoms with Crippen LogP contribution < -0.4 is 15.4 Å². The molecule has 3 N–H and O–H groups in total. The zero-order valence-electron chi connectivity index (χ0n) is 13.1. The molecule has 0 aliphatic heterocycles. The van der Waals surface area contributed by atoms with Gasteiger partial charge in [-0.25, -0.2) is 13.1 Å². The average molecular weight is 452 g/mol. The molecule has 0 rings (SSSR count). The maximum atomic E-state index is 11.3. The van der Waals surface area contributed by atoms with E-state index in [2.05, 4.69) is 26.6 Å². The Morgan fingerprint density at radius 1 is 1.14 bits per heavy atom. The van der Waals surface area contributed by atoms with Crippen molar-refractivity contribution in [2.45, 2.75) is 26.7 Å². The van der Waals surface area contributed by atoms with Crippen LogP contribution in [0.25, 0.3) is 0 Å². The average Bonchev–Trinajstić information content (AvgIpc) is 2.43. The lowest BCUT2D eigenvalue weighted by molar-refractivity contribution is 0.582. The van der Waals surface area contributed by atoms with Gasteiger partial charge >= 0.3 is 0 Å². The Morgan fingerprint density at radius 2 is 1.86 bits per heavy atom. The van der Waals surface area contributed by atoms with E-state index in [0.29, 0.717) is 13.1 Å². The first-order valence-electron chi connectivity index (χ1n) is 7.04. The third-order valence-electron chi connectivity index (χ3n) is 2.49. The molecule has 128 valence electrons. The number of hydrogen-bond donors (Lipinski definition) is 3. The minimum atomic E-state index is -3.11. The summed E-state index contributed by atoms with van der Waals surface area (Å²) in [6.45, 7) is 6.09. The predicted molar refractivity (Wildman–Crippen MR) is 104 cm³/mol. The molecule has 0 aromatic carbocycles. The fourth-order valence-electron chi connectivity index (χ4n) is 1.38. The third kappa shape index (κ3) is 14.9. The van der Waals surface area contributed by atoms with Crippen LogP contribution in [0.3, 0.4) is 0 Å². The molecule has 0 aromatic rings. The van der Waals surface area contributed by atoms with Crippen molar-refractivity contribution in [3.63, 3.8) is 0 Å². The van der Waals surface area contributed by atoms with Gasteiger partial charge in [0.2, 0.25) is 10.0 Å². The molecule has 21 heavy (non-hydrogen) atoms. The number of aliphatic imine (C=N–C) groups is 1. The number of rotatable bonds is 11. The molecule has 0 atom stereocenters. The summed E-state index contributed by atoms with van der Waals surface area (Å²) in [5, 5.41) is 6.26. The van der Waals surface area contributed by atoms with E-state index >= 15 is 0 Å². The van der Waals surface area contributed by atoms with Crippen molar-refractivity contribution in [1.82, 2.24) is 15.4 Å². The topological polar surface area (TPSA) is 82.6 Å². The Hall–Kier alpha value is 0.260. The van der Waals surface area contributed by atoms with Gasteiger partial charge in [-0.15, -0.1) is 24.0 Å². The summed E-state index contributed by atoms with van der Waals surface area (Å²) in [5.74, 6) is 2.02. The number of nitrogens with zero attached hydrogens (tertiary/aromatic N) is 1.